The van der Waals surface area contributed by atoms with E-state index in [-0.39, 0.29) is 17.4 Å². The summed E-state index contributed by atoms with van der Waals surface area (Å²) in [6, 6.07) is 8.19. The number of nitrogens with one attached hydrogen (secondary N) is 1. The van der Waals surface area contributed by atoms with Crippen molar-refractivity contribution >= 4 is 21.4 Å². The van der Waals surface area contributed by atoms with Crippen LogP contribution in [0.5, 0.6) is 5.75 Å². The highest BCUT2D eigenvalue weighted by atomic mass is 32.2. The van der Waals surface area contributed by atoms with Gasteiger partial charge >= 0.3 is 5.51 Å². The van der Waals surface area contributed by atoms with E-state index in [1.807, 2.05) is 0 Å². The second kappa shape index (κ2) is 7.08. The molecule has 3 rings (SSSR count). The summed E-state index contributed by atoms with van der Waals surface area (Å²) in [6.45, 7) is 0. The fourth-order valence-electron chi connectivity index (χ4n) is 2.87. The average Bonchev–Trinajstić information content (AvgIpc) is 3.42. The van der Waals surface area contributed by atoms with E-state index in [1.165, 1.54) is 19.2 Å². The molecule has 0 aliphatic heterocycles. The van der Waals surface area contributed by atoms with Crippen LogP contribution in [0.4, 0.5) is 23.2 Å². The largest absolute Gasteiger partial charge is 0.501 e. The van der Waals surface area contributed by atoms with Gasteiger partial charge in [0, 0.05) is 5.92 Å². The van der Waals surface area contributed by atoms with Gasteiger partial charge in [0.2, 0.25) is 5.91 Å². The molecule has 1 aliphatic carbocycles. The lowest BCUT2D eigenvalue weighted by Gasteiger charge is -2.13. The SMILES string of the molecule is COc1ccc(S(=O)(=O)C(F)(F)F)cc1NC(=O)C1CC1c1ccc(F)cc1. The molecule has 5 nitrogen and oxygen atoms in total. The molecule has 28 heavy (non-hydrogen) atoms. The standard InChI is InChI=1S/C18H15F4NO4S/c1-27-16-7-6-12(28(25,26)18(20,21)22)8-15(16)23-17(24)14-9-13(14)10-2-4-11(19)5-3-10/h2-8,13-14H,9H2,1H3,(H,23,24). The molecule has 1 amide bonds. The monoisotopic (exact) mass is 417 g/mol. The number of ether oxygens (including phenoxy) is 1. The van der Waals surface area contributed by atoms with Crippen molar-refractivity contribution < 1.29 is 35.5 Å². The molecule has 1 fully saturated rings. The maximum absolute atomic E-state index is 13.0. The number of benzene rings is 2. The van der Waals surface area contributed by atoms with Gasteiger partial charge in [0.25, 0.3) is 9.84 Å². The van der Waals surface area contributed by atoms with E-state index in [0.717, 1.165) is 23.8 Å². The fraction of sp³-hybridized carbons (Fsp3) is 0.278. The van der Waals surface area contributed by atoms with Crippen molar-refractivity contribution in [1.82, 2.24) is 0 Å². The molecule has 2 atom stereocenters. The minimum absolute atomic E-state index is 0.0217. The Bertz CT molecular complexity index is 1000. The highest BCUT2D eigenvalue weighted by molar-refractivity contribution is 7.92. The Morgan fingerprint density at radius 1 is 1.14 bits per heavy atom. The van der Waals surface area contributed by atoms with Gasteiger partial charge in [0.15, 0.2) is 0 Å². The number of anilines is 1. The zero-order valence-corrected chi connectivity index (χ0v) is 15.3. The first-order valence-electron chi connectivity index (χ1n) is 8.10. The summed E-state index contributed by atoms with van der Waals surface area (Å²) in [5.74, 6) is -1.48. The lowest BCUT2D eigenvalue weighted by molar-refractivity contribution is -0.117. The highest BCUT2D eigenvalue weighted by Gasteiger charge is 2.47. The van der Waals surface area contributed by atoms with Crippen molar-refractivity contribution in [1.29, 1.82) is 0 Å². The van der Waals surface area contributed by atoms with Gasteiger partial charge in [-0.3, -0.25) is 4.79 Å². The maximum atomic E-state index is 13.0. The first-order valence-corrected chi connectivity index (χ1v) is 9.58. The molecule has 1 aliphatic rings. The van der Waals surface area contributed by atoms with Crippen LogP contribution >= 0.6 is 0 Å². The predicted octanol–water partition coefficient (Wildman–Crippen LogP) is 3.87. The third-order valence-corrected chi connectivity index (χ3v) is 5.95. The molecule has 2 aromatic carbocycles. The van der Waals surface area contributed by atoms with E-state index in [0.29, 0.717) is 6.42 Å². The molecule has 1 saturated carbocycles. The summed E-state index contributed by atoms with van der Waals surface area (Å²) >= 11 is 0. The number of carbonyl (C=O) groups is 1. The number of rotatable bonds is 5. The van der Waals surface area contributed by atoms with E-state index in [2.05, 4.69) is 5.32 Å². The fourth-order valence-corrected chi connectivity index (χ4v) is 3.66. The second-order valence-corrected chi connectivity index (χ2v) is 8.24. The molecular weight excluding hydrogens is 402 g/mol. The van der Waals surface area contributed by atoms with Crippen LogP contribution in [-0.4, -0.2) is 26.9 Å². The van der Waals surface area contributed by atoms with Crippen LogP contribution in [-0.2, 0) is 14.6 Å². The molecule has 150 valence electrons. The van der Waals surface area contributed by atoms with Crippen molar-refractivity contribution in [2.24, 2.45) is 5.92 Å². The number of halogens is 4. The molecule has 10 heteroatoms. The Morgan fingerprint density at radius 2 is 1.79 bits per heavy atom. The van der Waals surface area contributed by atoms with Crippen molar-refractivity contribution in [3.63, 3.8) is 0 Å². The number of methoxy groups -OCH3 is 1. The third kappa shape index (κ3) is 3.82. The summed E-state index contributed by atoms with van der Waals surface area (Å²) in [7, 11) is -4.33. The lowest BCUT2D eigenvalue weighted by atomic mass is 10.1. The molecule has 0 radical (unpaired) electrons. The molecule has 0 spiro atoms. The number of alkyl halides is 3. The number of sulfone groups is 1. The van der Waals surface area contributed by atoms with Gasteiger partial charge in [-0.25, -0.2) is 12.8 Å². The Balaban J connectivity index is 1.81. The number of hydrogen-bond donors (Lipinski definition) is 1. The summed E-state index contributed by atoms with van der Waals surface area (Å²) in [5.41, 5.74) is -4.88. The quantitative estimate of drug-likeness (QED) is 0.750. The van der Waals surface area contributed by atoms with Crippen LogP contribution in [0.1, 0.15) is 17.9 Å². The summed E-state index contributed by atoms with van der Waals surface area (Å²) in [5, 5.41) is 2.43. The van der Waals surface area contributed by atoms with Crippen molar-refractivity contribution in [3.8, 4) is 5.75 Å². The van der Waals surface area contributed by atoms with Crippen LogP contribution in [0.15, 0.2) is 47.4 Å². The maximum Gasteiger partial charge on any atom is 0.501 e. The minimum Gasteiger partial charge on any atom is -0.495 e. The van der Waals surface area contributed by atoms with E-state index in [1.54, 1.807) is 12.1 Å². The Hall–Kier alpha value is -2.62. The summed E-state index contributed by atoms with van der Waals surface area (Å²) in [4.78, 5) is 11.4. The van der Waals surface area contributed by atoms with Gasteiger partial charge < -0.3 is 10.1 Å². The molecule has 0 saturated heterocycles. The van der Waals surface area contributed by atoms with Crippen LogP contribution in [0, 0.1) is 11.7 Å². The molecule has 1 N–H and O–H groups in total. The van der Waals surface area contributed by atoms with Crippen LogP contribution in [0.3, 0.4) is 0 Å². The van der Waals surface area contributed by atoms with E-state index in [4.69, 9.17) is 4.74 Å². The van der Waals surface area contributed by atoms with Crippen molar-refractivity contribution in [2.75, 3.05) is 12.4 Å². The van der Waals surface area contributed by atoms with Gasteiger partial charge in [0.05, 0.1) is 17.7 Å². The lowest BCUT2D eigenvalue weighted by Crippen LogP contribution is -2.23. The highest BCUT2D eigenvalue weighted by Crippen LogP contribution is 2.48. The Labute approximate surface area is 158 Å². The van der Waals surface area contributed by atoms with Crippen LogP contribution < -0.4 is 10.1 Å². The third-order valence-electron chi connectivity index (χ3n) is 4.47. The zero-order valence-electron chi connectivity index (χ0n) is 14.5. The smallest absolute Gasteiger partial charge is 0.495 e. The number of amides is 1. The molecular formula is C18H15F4NO4S. The topological polar surface area (TPSA) is 72.5 Å². The minimum atomic E-state index is -5.56. The van der Waals surface area contributed by atoms with Gasteiger partial charge in [-0.05, 0) is 48.2 Å². The first kappa shape index (κ1) is 20.1. The predicted molar refractivity (Wildman–Crippen MR) is 92.1 cm³/mol. The molecule has 0 heterocycles. The van der Waals surface area contributed by atoms with Gasteiger partial charge in [-0.15, -0.1) is 0 Å². The Morgan fingerprint density at radius 3 is 2.36 bits per heavy atom. The zero-order chi connectivity index (χ0) is 20.7. The van der Waals surface area contributed by atoms with Crippen molar-refractivity contribution in [3.05, 3.63) is 53.8 Å². The molecule has 0 aromatic heterocycles. The van der Waals surface area contributed by atoms with E-state index >= 15 is 0 Å². The van der Waals surface area contributed by atoms with Gasteiger partial charge in [-0.1, -0.05) is 12.1 Å². The van der Waals surface area contributed by atoms with Crippen molar-refractivity contribution in [2.45, 2.75) is 22.7 Å². The van der Waals surface area contributed by atoms with Gasteiger partial charge in [0.1, 0.15) is 11.6 Å². The van der Waals surface area contributed by atoms with E-state index in [9.17, 15) is 30.8 Å². The number of hydrogen-bond acceptors (Lipinski definition) is 4. The summed E-state index contributed by atoms with van der Waals surface area (Å²) < 4.78 is 79.5. The molecule has 0 bridgehead atoms. The van der Waals surface area contributed by atoms with Gasteiger partial charge in [-0.2, -0.15) is 13.2 Å². The van der Waals surface area contributed by atoms with Crippen LogP contribution in [0.25, 0.3) is 0 Å². The second-order valence-electron chi connectivity index (χ2n) is 6.30. The van der Waals surface area contributed by atoms with E-state index < -0.39 is 37.9 Å². The molecule has 2 aromatic rings. The Kier molecular flexibility index (Phi) is 5.09. The first-order chi connectivity index (χ1) is 13.0. The van der Waals surface area contributed by atoms with Crippen LogP contribution in [0.2, 0.25) is 0 Å². The molecule has 2 unspecified atom stereocenters. The number of carbonyl (C=O) groups excluding carboxylic acids is 1. The summed E-state index contributed by atoms with van der Waals surface area (Å²) in [6.07, 6.45) is 0.486. The average molecular weight is 417 g/mol. The normalized spacial score (nSPS) is 19.2.